The largest absolute Gasteiger partial charge is 0.318 e. The normalized spacial score (nSPS) is 25.9. The molecule has 1 spiro atoms. The Morgan fingerprint density at radius 1 is 1.33 bits per heavy atom. The number of nitrogens with zero attached hydrogens (tertiary/aromatic N) is 2. The Bertz CT molecular complexity index is 404. The number of likely N-dealkylation sites (N-methyl/N-ethyl adjacent to an activating group) is 1. The first-order valence-electron chi connectivity index (χ1n) is 8.63. The fraction of sp³-hybridized carbons (Fsp3) is 0.824. The van der Waals surface area contributed by atoms with Crippen LogP contribution < -0.4 is 5.32 Å². The lowest BCUT2D eigenvalue weighted by Crippen LogP contribution is -2.63. The average molecular weight is 291 g/mol. The molecule has 1 saturated heterocycles. The van der Waals surface area contributed by atoms with Gasteiger partial charge in [0.1, 0.15) is 0 Å². The van der Waals surface area contributed by atoms with Crippen LogP contribution in [-0.4, -0.2) is 54.5 Å². The third-order valence-electron chi connectivity index (χ3n) is 5.62. The smallest absolute Gasteiger partial charge is 0.240 e. The van der Waals surface area contributed by atoms with E-state index in [9.17, 15) is 4.79 Å². The molecular formula is C17H29N3O. The molecule has 0 radical (unpaired) electrons. The summed E-state index contributed by atoms with van der Waals surface area (Å²) >= 11 is 0. The molecule has 0 aromatic carbocycles. The number of piperazine rings is 1. The molecule has 1 aliphatic heterocycles. The first kappa shape index (κ1) is 15.0. The fourth-order valence-corrected chi connectivity index (χ4v) is 4.22. The van der Waals surface area contributed by atoms with Crippen LogP contribution in [0.25, 0.3) is 0 Å². The predicted molar refractivity (Wildman–Crippen MR) is 85.0 cm³/mol. The van der Waals surface area contributed by atoms with Crippen molar-refractivity contribution >= 4 is 5.91 Å². The Balaban J connectivity index is 1.65. The van der Waals surface area contributed by atoms with Crippen LogP contribution in [0, 0.1) is 0 Å². The van der Waals surface area contributed by atoms with E-state index in [4.69, 9.17) is 0 Å². The maximum atomic E-state index is 12.6. The number of hydrogen-bond donors (Lipinski definition) is 1. The Morgan fingerprint density at radius 3 is 2.86 bits per heavy atom. The summed E-state index contributed by atoms with van der Waals surface area (Å²) in [6, 6.07) is 0. The van der Waals surface area contributed by atoms with Crippen LogP contribution >= 0.6 is 0 Å². The summed E-state index contributed by atoms with van der Waals surface area (Å²) in [5.41, 5.74) is 1.48. The lowest BCUT2D eigenvalue weighted by molar-refractivity contribution is -0.132. The highest BCUT2D eigenvalue weighted by Gasteiger charge is 2.40. The van der Waals surface area contributed by atoms with E-state index in [1.54, 1.807) is 0 Å². The minimum absolute atomic E-state index is 0.247. The molecule has 1 heterocycles. The molecule has 21 heavy (non-hydrogen) atoms. The van der Waals surface area contributed by atoms with Crippen molar-refractivity contribution in [1.82, 2.24) is 15.1 Å². The Hall–Kier alpha value is -0.870. The number of amides is 1. The van der Waals surface area contributed by atoms with Gasteiger partial charge < -0.3 is 10.2 Å². The topological polar surface area (TPSA) is 35.6 Å². The molecule has 1 saturated carbocycles. The predicted octanol–water partition coefficient (Wildman–Crippen LogP) is 2.12. The number of hydrogen-bond acceptors (Lipinski definition) is 3. The van der Waals surface area contributed by atoms with Gasteiger partial charge >= 0.3 is 0 Å². The van der Waals surface area contributed by atoms with Crippen molar-refractivity contribution in [2.24, 2.45) is 0 Å². The minimum atomic E-state index is 0.247. The van der Waals surface area contributed by atoms with E-state index in [1.165, 1.54) is 44.2 Å². The highest BCUT2D eigenvalue weighted by Crippen LogP contribution is 2.34. The summed E-state index contributed by atoms with van der Waals surface area (Å²) in [5, 5.41) is 3.55. The monoisotopic (exact) mass is 291 g/mol. The van der Waals surface area contributed by atoms with Crippen molar-refractivity contribution in [2.45, 2.75) is 56.9 Å². The number of nitrogens with one attached hydrogen (secondary N) is 1. The first-order valence-corrected chi connectivity index (χ1v) is 8.63. The van der Waals surface area contributed by atoms with Gasteiger partial charge in [-0.3, -0.25) is 9.69 Å². The molecule has 0 atom stereocenters. The number of rotatable bonds is 3. The first-order chi connectivity index (χ1) is 10.2. The van der Waals surface area contributed by atoms with Gasteiger partial charge in [0, 0.05) is 37.9 Å². The van der Waals surface area contributed by atoms with Crippen LogP contribution in [0.3, 0.4) is 0 Å². The lowest BCUT2D eigenvalue weighted by Gasteiger charge is -2.49. The van der Waals surface area contributed by atoms with Crippen molar-refractivity contribution in [3.05, 3.63) is 11.8 Å². The van der Waals surface area contributed by atoms with Gasteiger partial charge in [0.2, 0.25) is 5.91 Å². The van der Waals surface area contributed by atoms with Crippen LogP contribution in [0.15, 0.2) is 11.8 Å². The quantitative estimate of drug-likeness (QED) is 0.865. The molecule has 1 N–H and O–H groups in total. The van der Waals surface area contributed by atoms with Crippen molar-refractivity contribution in [1.29, 1.82) is 0 Å². The van der Waals surface area contributed by atoms with E-state index in [0.29, 0.717) is 6.54 Å². The zero-order valence-electron chi connectivity index (χ0n) is 13.4. The van der Waals surface area contributed by atoms with Crippen LogP contribution in [0.5, 0.6) is 0 Å². The van der Waals surface area contributed by atoms with Crippen molar-refractivity contribution in [3.63, 3.8) is 0 Å². The summed E-state index contributed by atoms with van der Waals surface area (Å²) in [7, 11) is 1.95. The number of carbonyl (C=O) groups is 1. The van der Waals surface area contributed by atoms with Gasteiger partial charge in [-0.15, -0.1) is 0 Å². The van der Waals surface area contributed by atoms with Gasteiger partial charge in [0.15, 0.2) is 0 Å². The van der Waals surface area contributed by atoms with Gasteiger partial charge in [-0.1, -0.05) is 25.3 Å². The summed E-state index contributed by atoms with van der Waals surface area (Å²) in [6.45, 7) is 3.68. The summed E-state index contributed by atoms with van der Waals surface area (Å²) in [4.78, 5) is 17.0. The summed E-state index contributed by atoms with van der Waals surface area (Å²) in [5.74, 6) is 0.273. The molecule has 4 nitrogen and oxygen atoms in total. The molecule has 0 aromatic heterocycles. The standard InChI is InChI=1S/C17H29N3O/c1-19(15-7-3-4-8-15)16(21)13-20-12-11-18-14-17(20)9-5-2-6-10-17/h7,18H,2-6,8-14H2,1H3. The number of carbonyl (C=O) groups excluding carboxylic acids is 1. The molecule has 0 aromatic rings. The van der Waals surface area contributed by atoms with Crippen molar-refractivity contribution in [3.8, 4) is 0 Å². The summed E-state index contributed by atoms with van der Waals surface area (Å²) < 4.78 is 0. The molecule has 2 aliphatic carbocycles. The van der Waals surface area contributed by atoms with Gasteiger partial charge in [-0.05, 0) is 32.1 Å². The molecule has 0 bridgehead atoms. The fourth-order valence-electron chi connectivity index (χ4n) is 4.22. The number of allylic oxidation sites excluding steroid dienone is 2. The Morgan fingerprint density at radius 2 is 2.14 bits per heavy atom. The van der Waals surface area contributed by atoms with Crippen molar-refractivity contribution in [2.75, 3.05) is 33.2 Å². The van der Waals surface area contributed by atoms with E-state index in [1.807, 2.05) is 11.9 Å². The highest BCUT2D eigenvalue weighted by molar-refractivity contribution is 5.80. The Kier molecular flexibility index (Phi) is 4.65. The van der Waals surface area contributed by atoms with E-state index < -0.39 is 0 Å². The average Bonchev–Trinajstić information content (AvgIpc) is 3.04. The van der Waals surface area contributed by atoms with Gasteiger partial charge in [-0.25, -0.2) is 0 Å². The van der Waals surface area contributed by atoms with E-state index in [0.717, 1.165) is 32.5 Å². The highest BCUT2D eigenvalue weighted by atomic mass is 16.2. The van der Waals surface area contributed by atoms with E-state index >= 15 is 0 Å². The zero-order valence-corrected chi connectivity index (χ0v) is 13.4. The van der Waals surface area contributed by atoms with Crippen LogP contribution in [0.1, 0.15) is 51.4 Å². The molecule has 3 aliphatic rings. The second-order valence-electron chi connectivity index (χ2n) is 6.92. The zero-order chi connectivity index (χ0) is 14.7. The molecule has 3 rings (SSSR count). The van der Waals surface area contributed by atoms with E-state index in [-0.39, 0.29) is 11.4 Å². The van der Waals surface area contributed by atoms with Gasteiger partial charge in [0.05, 0.1) is 6.54 Å². The van der Waals surface area contributed by atoms with Crippen molar-refractivity contribution < 1.29 is 4.79 Å². The maximum absolute atomic E-state index is 12.6. The minimum Gasteiger partial charge on any atom is -0.318 e. The molecule has 2 fully saturated rings. The third-order valence-corrected chi connectivity index (χ3v) is 5.62. The van der Waals surface area contributed by atoms with Gasteiger partial charge in [-0.2, -0.15) is 0 Å². The summed E-state index contributed by atoms with van der Waals surface area (Å²) in [6.07, 6.45) is 12.1. The lowest BCUT2D eigenvalue weighted by atomic mass is 9.79. The molecule has 118 valence electrons. The molecule has 4 heteroatoms. The maximum Gasteiger partial charge on any atom is 0.240 e. The SMILES string of the molecule is CN(C(=O)CN1CCNCC12CCCCC2)C1=CCCC1. The van der Waals surface area contributed by atoms with Gasteiger partial charge in [0.25, 0.3) is 0 Å². The van der Waals surface area contributed by atoms with Crippen LogP contribution in [0.2, 0.25) is 0 Å². The second-order valence-corrected chi connectivity index (χ2v) is 6.92. The molecular weight excluding hydrogens is 262 g/mol. The Labute approximate surface area is 128 Å². The second kappa shape index (κ2) is 6.49. The third kappa shape index (κ3) is 3.16. The molecule has 1 amide bonds. The van der Waals surface area contributed by atoms with E-state index in [2.05, 4.69) is 16.3 Å². The van der Waals surface area contributed by atoms with Crippen LogP contribution in [-0.2, 0) is 4.79 Å². The molecule has 0 unspecified atom stereocenters. The van der Waals surface area contributed by atoms with Crippen LogP contribution in [0.4, 0.5) is 0 Å².